The summed E-state index contributed by atoms with van der Waals surface area (Å²) < 4.78 is 5.23. The average molecular weight is 382 g/mol. The van der Waals surface area contributed by atoms with Gasteiger partial charge in [-0.05, 0) is 57.8 Å². The van der Waals surface area contributed by atoms with Gasteiger partial charge < -0.3 is 9.64 Å². The highest BCUT2D eigenvalue weighted by Crippen LogP contribution is 2.39. The average Bonchev–Trinajstić information content (AvgIpc) is 3.40. The Morgan fingerprint density at radius 2 is 1.81 bits per heavy atom. The lowest BCUT2D eigenvalue weighted by Gasteiger charge is -2.24. The van der Waals surface area contributed by atoms with Gasteiger partial charge in [0.1, 0.15) is 11.1 Å². The summed E-state index contributed by atoms with van der Waals surface area (Å²) in [6.07, 6.45) is 0. The van der Waals surface area contributed by atoms with E-state index in [9.17, 15) is 4.79 Å². The number of nitrogens with zero attached hydrogens (tertiary/aromatic N) is 1. The van der Waals surface area contributed by atoms with Gasteiger partial charge in [-0.1, -0.05) is 24.3 Å². The Kier molecular flexibility index (Phi) is 5.00. The molecule has 0 unspecified atom stereocenters. The van der Waals surface area contributed by atoms with Crippen molar-refractivity contribution in [1.82, 2.24) is 4.90 Å². The van der Waals surface area contributed by atoms with Crippen LogP contribution in [-0.4, -0.2) is 30.2 Å². The molecule has 0 N–H and O–H groups in total. The van der Waals surface area contributed by atoms with E-state index < -0.39 is 0 Å². The van der Waals surface area contributed by atoms with E-state index in [1.165, 1.54) is 5.56 Å². The normalized spacial score (nSPS) is 16.7. The Balaban J connectivity index is 1.54. The molecule has 132 valence electrons. The predicted molar refractivity (Wildman–Crippen MR) is 109 cm³/mol. The quantitative estimate of drug-likeness (QED) is 0.613. The summed E-state index contributed by atoms with van der Waals surface area (Å²) in [5.74, 6) is 1.88. The van der Waals surface area contributed by atoms with E-state index in [4.69, 9.17) is 4.74 Å². The second-order valence-electron chi connectivity index (χ2n) is 6.08. The van der Waals surface area contributed by atoms with E-state index in [0.717, 1.165) is 34.7 Å². The lowest BCUT2D eigenvalue weighted by molar-refractivity contribution is 0.0760. The van der Waals surface area contributed by atoms with Gasteiger partial charge in [0.25, 0.3) is 5.91 Å². The van der Waals surface area contributed by atoms with E-state index in [0.29, 0.717) is 0 Å². The largest absolute Gasteiger partial charge is 0.497 e. The van der Waals surface area contributed by atoms with E-state index >= 15 is 0 Å². The van der Waals surface area contributed by atoms with Crippen molar-refractivity contribution in [3.8, 4) is 16.9 Å². The van der Waals surface area contributed by atoms with Crippen molar-refractivity contribution in [2.45, 2.75) is 5.37 Å². The smallest absolute Gasteiger partial charge is 0.255 e. The number of ether oxygens (including phenoxy) is 1. The zero-order valence-corrected chi connectivity index (χ0v) is 16.1. The minimum absolute atomic E-state index is 0.0601. The number of rotatable bonds is 4. The summed E-state index contributed by atoms with van der Waals surface area (Å²) in [6, 6.07) is 18.0. The first kappa shape index (κ1) is 17.2. The summed E-state index contributed by atoms with van der Waals surface area (Å²) in [5.41, 5.74) is 4.22. The molecule has 2 aromatic carbocycles. The summed E-state index contributed by atoms with van der Waals surface area (Å²) >= 11 is 3.49. The maximum atomic E-state index is 13.0. The molecule has 1 aliphatic rings. The molecule has 2 heterocycles. The zero-order valence-electron chi connectivity index (χ0n) is 14.4. The Morgan fingerprint density at radius 1 is 1.04 bits per heavy atom. The molecule has 1 amide bonds. The highest BCUT2D eigenvalue weighted by molar-refractivity contribution is 7.99. The molecule has 3 aromatic rings. The third kappa shape index (κ3) is 3.37. The van der Waals surface area contributed by atoms with Crippen LogP contribution < -0.4 is 4.74 Å². The van der Waals surface area contributed by atoms with Gasteiger partial charge >= 0.3 is 0 Å². The highest BCUT2D eigenvalue weighted by Gasteiger charge is 2.31. The van der Waals surface area contributed by atoms with E-state index in [1.807, 2.05) is 53.4 Å². The van der Waals surface area contributed by atoms with Crippen molar-refractivity contribution in [2.75, 3.05) is 19.4 Å². The molecule has 4 rings (SSSR count). The SMILES string of the molecule is COc1ccc([C@@H]2SCCN2C(=O)c2ccc(-c3ccsc3)cc2)cc1. The number of thiophene rings is 1. The molecular formula is C21H19NO2S2. The summed E-state index contributed by atoms with van der Waals surface area (Å²) in [4.78, 5) is 15.0. The molecule has 1 aromatic heterocycles. The van der Waals surface area contributed by atoms with Gasteiger partial charge in [-0.25, -0.2) is 0 Å². The first-order chi connectivity index (χ1) is 12.8. The summed E-state index contributed by atoms with van der Waals surface area (Å²) in [6.45, 7) is 0.770. The molecule has 1 fully saturated rings. The number of hydrogen-bond acceptors (Lipinski definition) is 4. The highest BCUT2D eigenvalue weighted by atomic mass is 32.2. The minimum Gasteiger partial charge on any atom is -0.497 e. The zero-order chi connectivity index (χ0) is 17.9. The number of benzene rings is 2. The third-order valence-corrected chi connectivity index (χ3v) is 6.48. The standard InChI is InChI=1S/C21H19NO2S2/c1-24-19-8-6-17(7-9-19)21-22(11-13-26-21)20(23)16-4-2-15(3-5-16)18-10-12-25-14-18/h2-10,12,14,21H,11,13H2,1H3/t21-/m0/s1. The second kappa shape index (κ2) is 7.56. The number of carbonyl (C=O) groups is 1. The van der Waals surface area contributed by atoms with Crippen molar-refractivity contribution >= 4 is 29.0 Å². The molecule has 0 saturated carbocycles. The van der Waals surface area contributed by atoms with Crippen LogP contribution in [0.3, 0.4) is 0 Å². The molecule has 1 atom stereocenters. The molecule has 0 radical (unpaired) electrons. The monoisotopic (exact) mass is 381 g/mol. The van der Waals surface area contributed by atoms with E-state index in [2.05, 4.69) is 16.8 Å². The molecule has 0 spiro atoms. The fraction of sp³-hybridized carbons (Fsp3) is 0.190. The van der Waals surface area contributed by atoms with Gasteiger partial charge in [0.2, 0.25) is 0 Å². The topological polar surface area (TPSA) is 29.5 Å². The van der Waals surface area contributed by atoms with Crippen LogP contribution in [0.1, 0.15) is 21.3 Å². The van der Waals surface area contributed by atoms with Crippen molar-refractivity contribution < 1.29 is 9.53 Å². The summed E-state index contributed by atoms with van der Waals surface area (Å²) in [5, 5.41) is 4.24. The first-order valence-electron chi connectivity index (χ1n) is 8.45. The fourth-order valence-corrected chi connectivity index (χ4v) is 5.04. The number of hydrogen-bond donors (Lipinski definition) is 0. The first-order valence-corrected chi connectivity index (χ1v) is 10.4. The Bertz CT molecular complexity index is 873. The van der Waals surface area contributed by atoms with Crippen LogP contribution >= 0.6 is 23.1 Å². The number of amides is 1. The molecule has 1 aliphatic heterocycles. The number of methoxy groups -OCH3 is 1. The van der Waals surface area contributed by atoms with Crippen LogP contribution in [0.5, 0.6) is 5.75 Å². The van der Waals surface area contributed by atoms with E-state index in [1.54, 1.807) is 30.2 Å². The van der Waals surface area contributed by atoms with Gasteiger partial charge in [0, 0.05) is 17.9 Å². The van der Waals surface area contributed by atoms with Gasteiger partial charge in [-0.15, -0.1) is 11.8 Å². The van der Waals surface area contributed by atoms with Crippen molar-refractivity contribution in [3.05, 3.63) is 76.5 Å². The van der Waals surface area contributed by atoms with Crippen LogP contribution in [-0.2, 0) is 0 Å². The fourth-order valence-electron chi connectivity index (χ4n) is 3.12. The van der Waals surface area contributed by atoms with Crippen molar-refractivity contribution in [1.29, 1.82) is 0 Å². The Morgan fingerprint density at radius 3 is 2.46 bits per heavy atom. The Labute approximate surface area is 161 Å². The van der Waals surface area contributed by atoms with Crippen LogP contribution in [0.4, 0.5) is 0 Å². The Hall–Kier alpha value is -2.24. The van der Waals surface area contributed by atoms with Crippen LogP contribution in [0.15, 0.2) is 65.4 Å². The van der Waals surface area contributed by atoms with Crippen LogP contribution in [0.25, 0.3) is 11.1 Å². The summed E-state index contributed by atoms with van der Waals surface area (Å²) in [7, 11) is 1.66. The van der Waals surface area contributed by atoms with Gasteiger partial charge in [-0.3, -0.25) is 4.79 Å². The van der Waals surface area contributed by atoms with Gasteiger partial charge in [0.05, 0.1) is 7.11 Å². The minimum atomic E-state index is 0.0601. The predicted octanol–water partition coefficient (Wildman–Crippen LogP) is 5.31. The molecule has 0 aliphatic carbocycles. The molecular weight excluding hydrogens is 362 g/mol. The van der Waals surface area contributed by atoms with Crippen molar-refractivity contribution in [3.63, 3.8) is 0 Å². The lowest BCUT2D eigenvalue weighted by atomic mass is 10.1. The second-order valence-corrected chi connectivity index (χ2v) is 8.05. The number of thioether (sulfide) groups is 1. The van der Waals surface area contributed by atoms with Crippen LogP contribution in [0, 0.1) is 0 Å². The van der Waals surface area contributed by atoms with E-state index in [-0.39, 0.29) is 11.3 Å². The molecule has 1 saturated heterocycles. The maximum absolute atomic E-state index is 13.0. The molecule has 26 heavy (non-hydrogen) atoms. The third-order valence-electron chi connectivity index (χ3n) is 4.54. The van der Waals surface area contributed by atoms with Gasteiger partial charge in [0.15, 0.2) is 0 Å². The molecule has 3 nitrogen and oxygen atoms in total. The van der Waals surface area contributed by atoms with Crippen molar-refractivity contribution in [2.24, 2.45) is 0 Å². The lowest BCUT2D eigenvalue weighted by Crippen LogP contribution is -2.30. The molecule has 5 heteroatoms. The number of carbonyl (C=O) groups excluding carboxylic acids is 1. The van der Waals surface area contributed by atoms with Gasteiger partial charge in [-0.2, -0.15) is 11.3 Å². The molecule has 0 bridgehead atoms. The van der Waals surface area contributed by atoms with Crippen LogP contribution in [0.2, 0.25) is 0 Å². The maximum Gasteiger partial charge on any atom is 0.255 e.